The Kier molecular flexibility index (Phi) is 5.48. The second kappa shape index (κ2) is 8.20. The molecule has 0 aliphatic carbocycles. The number of aromatic nitrogens is 1. The average molecular weight is 500 g/mol. The van der Waals surface area contributed by atoms with Gasteiger partial charge < -0.3 is 25.4 Å². The lowest BCUT2D eigenvalue weighted by Gasteiger charge is -2.28. The highest BCUT2D eigenvalue weighted by molar-refractivity contribution is 14.1. The quantitative estimate of drug-likeness (QED) is 0.480. The fourth-order valence-electron chi connectivity index (χ4n) is 3.30. The van der Waals surface area contributed by atoms with Crippen molar-refractivity contribution < 1.29 is 9.47 Å². The van der Waals surface area contributed by atoms with E-state index in [2.05, 4.69) is 49.9 Å². The number of methoxy groups -OCH3 is 2. The van der Waals surface area contributed by atoms with Crippen LogP contribution in [0.3, 0.4) is 0 Å². The summed E-state index contributed by atoms with van der Waals surface area (Å²) in [4.78, 5) is 6.65. The van der Waals surface area contributed by atoms with Crippen LogP contribution in [-0.4, -0.2) is 19.2 Å². The van der Waals surface area contributed by atoms with Crippen molar-refractivity contribution in [2.75, 3.05) is 30.2 Å². The SMILES string of the molecule is COc1ccc(N2C=Cc3nc(N)cc(Nc4ccccc4I)c3C2)cc1OC. The van der Waals surface area contributed by atoms with Gasteiger partial charge in [-0.2, -0.15) is 0 Å². The normalized spacial score (nSPS) is 12.4. The first-order chi connectivity index (χ1) is 14.1. The molecule has 0 fully saturated rings. The minimum atomic E-state index is 0.487. The lowest BCUT2D eigenvalue weighted by molar-refractivity contribution is 0.355. The van der Waals surface area contributed by atoms with E-state index in [9.17, 15) is 0 Å². The zero-order chi connectivity index (χ0) is 20.4. The summed E-state index contributed by atoms with van der Waals surface area (Å²) >= 11 is 2.32. The van der Waals surface area contributed by atoms with E-state index in [4.69, 9.17) is 15.2 Å². The zero-order valence-corrected chi connectivity index (χ0v) is 18.3. The zero-order valence-electron chi connectivity index (χ0n) is 16.1. The van der Waals surface area contributed by atoms with Crippen LogP contribution >= 0.6 is 22.6 Å². The summed E-state index contributed by atoms with van der Waals surface area (Å²) in [6, 6.07) is 15.9. The van der Waals surface area contributed by atoms with E-state index in [1.165, 1.54) is 0 Å². The van der Waals surface area contributed by atoms with Crippen LogP contribution in [0.4, 0.5) is 22.9 Å². The first-order valence-corrected chi connectivity index (χ1v) is 10.1. The maximum atomic E-state index is 6.06. The molecule has 148 valence electrons. The lowest BCUT2D eigenvalue weighted by atomic mass is 10.1. The Morgan fingerprint density at radius 1 is 1.03 bits per heavy atom. The van der Waals surface area contributed by atoms with Crippen LogP contribution in [0.1, 0.15) is 11.3 Å². The second-order valence-corrected chi connectivity index (χ2v) is 7.71. The lowest BCUT2D eigenvalue weighted by Crippen LogP contribution is -2.21. The maximum absolute atomic E-state index is 6.06. The van der Waals surface area contributed by atoms with Crippen LogP contribution in [0, 0.1) is 3.57 Å². The summed E-state index contributed by atoms with van der Waals surface area (Å²) < 4.78 is 11.9. The van der Waals surface area contributed by atoms with Gasteiger partial charge in [-0.25, -0.2) is 4.98 Å². The molecule has 0 bridgehead atoms. The van der Waals surface area contributed by atoms with Crippen molar-refractivity contribution in [3.05, 3.63) is 69.6 Å². The Morgan fingerprint density at radius 3 is 2.59 bits per heavy atom. The van der Waals surface area contributed by atoms with Gasteiger partial charge in [0.1, 0.15) is 5.82 Å². The third-order valence-corrected chi connectivity index (χ3v) is 5.70. The van der Waals surface area contributed by atoms with Gasteiger partial charge in [-0.15, -0.1) is 0 Å². The summed E-state index contributed by atoms with van der Waals surface area (Å²) in [5.41, 5.74) is 11.0. The predicted molar refractivity (Wildman–Crippen MR) is 126 cm³/mol. The van der Waals surface area contributed by atoms with Gasteiger partial charge in [0, 0.05) is 38.8 Å². The molecule has 0 saturated carbocycles. The Bertz CT molecular complexity index is 1080. The molecule has 2 heterocycles. The number of para-hydroxylation sites is 1. The Morgan fingerprint density at radius 2 is 1.83 bits per heavy atom. The number of nitrogens with one attached hydrogen (secondary N) is 1. The number of ether oxygens (including phenoxy) is 2. The van der Waals surface area contributed by atoms with E-state index in [1.54, 1.807) is 14.2 Å². The van der Waals surface area contributed by atoms with Gasteiger partial charge in [-0.05, 0) is 52.9 Å². The van der Waals surface area contributed by atoms with Crippen molar-refractivity contribution in [2.24, 2.45) is 0 Å². The molecule has 3 N–H and O–H groups in total. The number of halogens is 1. The van der Waals surface area contributed by atoms with Crippen molar-refractivity contribution in [1.29, 1.82) is 0 Å². The molecular formula is C22H21IN4O2. The Hall–Kier alpha value is -2.94. The largest absolute Gasteiger partial charge is 0.493 e. The molecule has 0 amide bonds. The van der Waals surface area contributed by atoms with Crippen LogP contribution in [0.2, 0.25) is 0 Å². The second-order valence-electron chi connectivity index (χ2n) is 6.55. The molecule has 3 aromatic rings. The van der Waals surface area contributed by atoms with Gasteiger partial charge in [0.05, 0.1) is 32.1 Å². The predicted octanol–water partition coefficient (Wildman–Crippen LogP) is 5.02. The number of hydrogen-bond donors (Lipinski definition) is 2. The monoisotopic (exact) mass is 500 g/mol. The molecule has 7 heteroatoms. The Balaban J connectivity index is 1.69. The van der Waals surface area contributed by atoms with E-state index in [1.807, 2.05) is 48.7 Å². The minimum absolute atomic E-state index is 0.487. The summed E-state index contributed by atoms with van der Waals surface area (Å²) in [6.07, 6.45) is 3.99. The van der Waals surface area contributed by atoms with Gasteiger partial charge in [-0.3, -0.25) is 0 Å². The van der Waals surface area contributed by atoms with Crippen LogP contribution in [0.15, 0.2) is 54.7 Å². The highest BCUT2D eigenvalue weighted by Crippen LogP contribution is 2.36. The molecular weight excluding hydrogens is 479 g/mol. The molecule has 1 aliphatic heterocycles. The van der Waals surface area contributed by atoms with Gasteiger partial charge in [0.25, 0.3) is 0 Å². The van der Waals surface area contributed by atoms with Crippen molar-refractivity contribution in [2.45, 2.75) is 6.54 Å². The number of rotatable bonds is 5. The molecule has 0 radical (unpaired) electrons. The number of fused-ring (bicyclic) bond motifs is 1. The molecule has 0 spiro atoms. The van der Waals surface area contributed by atoms with E-state index < -0.39 is 0 Å². The van der Waals surface area contributed by atoms with Crippen LogP contribution < -0.4 is 25.4 Å². The van der Waals surface area contributed by atoms with Crippen LogP contribution in [0.5, 0.6) is 11.5 Å². The number of nitrogen functional groups attached to an aromatic ring is 1. The van der Waals surface area contributed by atoms with E-state index >= 15 is 0 Å². The maximum Gasteiger partial charge on any atom is 0.162 e. The van der Waals surface area contributed by atoms with Gasteiger partial charge in [-0.1, -0.05) is 12.1 Å². The number of anilines is 4. The highest BCUT2D eigenvalue weighted by Gasteiger charge is 2.19. The summed E-state index contributed by atoms with van der Waals surface area (Å²) in [5.74, 6) is 1.88. The molecule has 1 aromatic heterocycles. The third kappa shape index (κ3) is 3.95. The number of pyridine rings is 1. The van der Waals surface area contributed by atoms with Crippen LogP contribution in [-0.2, 0) is 6.54 Å². The molecule has 6 nitrogen and oxygen atoms in total. The van der Waals surface area contributed by atoms with Crippen molar-refractivity contribution in [3.63, 3.8) is 0 Å². The molecule has 0 saturated heterocycles. The molecule has 4 rings (SSSR count). The number of hydrogen-bond acceptors (Lipinski definition) is 6. The average Bonchev–Trinajstić information content (AvgIpc) is 2.74. The van der Waals surface area contributed by atoms with E-state index in [0.717, 1.165) is 31.9 Å². The van der Waals surface area contributed by atoms with E-state index in [-0.39, 0.29) is 0 Å². The topological polar surface area (TPSA) is 72.6 Å². The number of nitrogens with two attached hydrogens (primary N) is 1. The molecule has 2 aromatic carbocycles. The summed E-state index contributed by atoms with van der Waals surface area (Å²) in [7, 11) is 3.27. The first-order valence-electron chi connectivity index (χ1n) is 9.07. The number of nitrogens with zero attached hydrogens (tertiary/aromatic N) is 2. The standard InChI is InChI=1S/C22H21IN4O2/c1-28-20-8-7-14(11-21(20)29-2)27-10-9-17-15(13-27)19(12-22(24)26-17)25-18-6-4-3-5-16(18)23/h3-12H,13H2,1-2H3,(H3,24,25,26). The van der Waals surface area contributed by atoms with Gasteiger partial charge >= 0.3 is 0 Å². The van der Waals surface area contributed by atoms with E-state index in [0.29, 0.717) is 23.9 Å². The first kappa shape index (κ1) is 19.4. The highest BCUT2D eigenvalue weighted by atomic mass is 127. The van der Waals surface area contributed by atoms with Crippen molar-refractivity contribution in [1.82, 2.24) is 4.98 Å². The minimum Gasteiger partial charge on any atom is -0.493 e. The molecule has 29 heavy (non-hydrogen) atoms. The van der Waals surface area contributed by atoms with Crippen LogP contribution in [0.25, 0.3) is 6.08 Å². The molecule has 1 aliphatic rings. The van der Waals surface area contributed by atoms with Gasteiger partial charge in [0.15, 0.2) is 11.5 Å². The number of benzene rings is 2. The fourth-order valence-corrected chi connectivity index (χ4v) is 3.82. The smallest absolute Gasteiger partial charge is 0.162 e. The van der Waals surface area contributed by atoms with Gasteiger partial charge in [0.2, 0.25) is 0 Å². The fraction of sp³-hybridized carbons (Fsp3) is 0.136. The van der Waals surface area contributed by atoms with Crippen molar-refractivity contribution >= 4 is 51.5 Å². The molecule has 0 unspecified atom stereocenters. The third-order valence-electron chi connectivity index (χ3n) is 4.76. The Labute approximate surface area is 183 Å². The summed E-state index contributed by atoms with van der Waals surface area (Å²) in [5, 5.41) is 3.52. The summed E-state index contributed by atoms with van der Waals surface area (Å²) in [6.45, 7) is 0.653. The molecule has 0 atom stereocenters. The van der Waals surface area contributed by atoms with Crippen molar-refractivity contribution in [3.8, 4) is 11.5 Å².